The lowest BCUT2D eigenvalue weighted by Crippen LogP contribution is -2.53. The molecule has 1 aromatic rings. The number of nitrogens with zero attached hydrogens (tertiary/aromatic N) is 1. The molecule has 0 aliphatic carbocycles. The molecule has 1 amide bonds. The van der Waals surface area contributed by atoms with Gasteiger partial charge in [0.15, 0.2) is 0 Å². The molecule has 2 heterocycles. The van der Waals surface area contributed by atoms with Crippen LogP contribution in [0.5, 0.6) is 0 Å². The van der Waals surface area contributed by atoms with E-state index in [9.17, 15) is 9.90 Å². The van der Waals surface area contributed by atoms with E-state index in [-0.39, 0.29) is 5.91 Å². The van der Waals surface area contributed by atoms with Crippen LogP contribution in [0.25, 0.3) is 0 Å². The second-order valence-electron chi connectivity index (χ2n) is 6.28. The van der Waals surface area contributed by atoms with E-state index in [2.05, 4.69) is 21.2 Å². The molecule has 0 saturated carbocycles. The van der Waals surface area contributed by atoms with Crippen LogP contribution >= 0.6 is 15.9 Å². The van der Waals surface area contributed by atoms with E-state index in [1.54, 1.807) is 0 Å². The average Bonchev–Trinajstić information content (AvgIpc) is 2.56. The molecule has 0 radical (unpaired) electrons. The fourth-order valence-corrected chi connectivity index (χ4v) is 3.87. The molecule has 126 valence electrons. The van der Waals surface area contributed by atoms with Gasteiger partial charge in [-0.15, -0.1) is 0 Å². The fraction of sp³-hybridized carbons (Fsp3) is 0.588. The highest BCUT2D eigenvalue weighted by molar-refractivity contribution is 9.10. The molecule has 23 heavy (non-hydrogen) atoms. The van der Waals surface area contributed by atoms with Crippen molar-refractivity contribution in [1.29, 1.82) is 0 Å². The third kappa shape index (κ3) is 3.76. The van der Waals surface area contributed by atoms with Crippen molar-refractivity contribution in [3.05, 3.63) is 34.3 Å². The van der Waals surface area contributed by atoms with Crippen LogP contribution in [0, 0.1) is 0 Å². The summed E-state index contributed by atoms with van der Waals surface area (Å²) in [5.74, 6) is -0.518. The SMILES string of the molecule is O=C(C(c1cccc(Br)c1)C1(O)CCOCC1)N1CCNCC1. The van der Waals surface area contributed by atoms with Gasteiger partial charge in [0.25, 0.3) is 0 Å². The summed E-state index contributed by atoms with van der Waals surface area (Å²) in [5.41, 5.74) is -0.173. The smallest absolute Gasteiger partial charge is 0.233 e. The number of halogens is 1. The van der Waals surface area contributed by atoms with Crippen LogP contribution < -0.4 is 5.32 Å². The third-order valence-corrected chi connectivity index (χ3v) is 5.25. The molecule has 2 saturated heterocycles. The minimum Gasteiger partial charge on any atom is -0.389 e. The van der Waals surface area contributed by atoms with Gasteiger partial charge in [0.05, 0.1) is 11.5 Å². The zero-order valence-corrected chi connectivity index (χ0v) is 14.7. The Hall–Kier alpha value is -0.950. The molecule has 5 nitrogen and oxygen atoms in total. The molecule has 2 fully saturated rings. The van der Waals surface area contributed by atoms with Crippen molar-refractivity contribution >= 4 is 21.8 Å². The number of benzene rings is 1. The summed E-state index contributed by atoms with van der Waals surface area (Å²) >= 11 is 3.48. The lowest BCUT2D eigenvalue weighted by molar-refractivity contribution is -0.146. The summed E-state index contributed by atoms with van der Waals surface area (Å²) in [6.45, 7) is 3.98. The second-order valence-corrected chi connectivity index (χ2v) is 7.19. The molecule has 1 aromatic carbocycles. The van der Waals surface area contributed by atoms with Crippen LogP contribution in [0.4, 0.5) is 0 Å². The van der Waals surface area contributed by atoms with Gasteiger partial charge in [-0.2, -0.15) is 0 Å². The number of piperazine rings is 1. The summed E-state index contributed by atoms with van der Waals surface area (Å²) in [6, 6.07) is 7.73. The Morgan fingerprint density at radius 2 is 2.00 bits per heavy atom. The normalized spacial score (nSPS) is 22.6. The van der Waals surface area contributed by atoms with Gasteiger partial charge in [0.1, 0.15) is 0 Å². The predicted octanol–water partition coefficient (Wildman–Crippen LogP) is 1.51. The number of nitrogens with one attached hydrogen (secondary N) is 1. The maximum atomic E-state index is 13.2. The molecule has 0 aromatic heterocycles. The van der Waals surface area contributed by atoms with E-state index in [1.807, 2.05) is 29.2 Å². The quantitative estimate of drug-likeness (QED) is 0.831. The molecule has 2 N–H and O–H groups in total. The maximum Gasteiger partial charge on any atom is 0.233 e. The van der Waals surface area contributed by atoms with E-state index < -0.39 is 11.5 Å². The zero-order chi connectivity index (χ0) is 16.3. The Morgan fingerprint density at radius 3 is 2.65 bits per heavy atom. The fourth-order valence-electron chi connectivity index (χ4n) is 3.45. The Labute approximate surface area is 145 Å². The van der Waals surface area contributed by atoms with E-state index in [0.29, 0.717) is 39.1 Å². The first-order valence-electron chi connectivity index (χ1n) is 8.15. The van der Waals surface area contributed by atoms with Gasteiger partial charge >= 0.3 is 0 Å². The van der Waals surface area contributed by atoms with E-state index in [4.69, 9.17) is 4.74 Å². The van der Waals surface area contributed by atoms with Gasteiger partial charge in [-0.05, 0) is 17.7 Å². The van der Waals surface area contributed by atoms with Crippen molar-refractivity contribution in [2.24, 2.45) is 0 Å². The summed E-state index contributed by atoms with van der Waals surface area (Å²) in [4.78, 5) is 15.1. The summed E-state index contributed by atoms with van der Waals surface area (Å²) in [6.07, 6.45) is 0.976. The van der Waals surface area contributed by atoms with Crippen LogP contribution in [0.3, 0.4) is 0 Å². The largest absolute Gasteiger partial charge is 0.389 e. The summed E-state index contributed by atoms with van der Waals surface area (Å²) in [5, 5.41) is 14.5. The number of amides is 1. The first-order valence-corrected chi connectivity index (χ1v) is 8.94. The molecule has 2 aliphatic heterocycles. The highest BCUT2D eigenvalue weighted by atomic mass is 79.9. The van der Waals surface area contributed by atoms with E-state index in [1.165, 1.54) is 0 Å². The number of hydrogen-bond acceptors (Lipinski definition) is 4. The first-order chi connectivity index (χ1) is 11.1. The number of rotatable bonds is 3. The average molecular weight is 383 g/mol. The second kappa shape index (κ2) is 7.30. The van der Waals surface area contributed by atoms with Crippen molar-refractivity contribution in [3.8, 4) is 0 Å². The molecule has 2 aliphatic rings. The Kier molecular flexibility index (Phi) is 5.36. The molecule has 0 bridgehead atoms. The van der Waals surface area contributed by atoms with Crippen LogP contribution in [0.15, 0.2) is 28.7 Å². The number of hydrogen-bond donors (Lipinski definition) is 2. The van der Waals surface area contributed by atoms with Gasteiger partial charge in [-0.25, -0.2) is 0 Å². The van der Waals surface area contributed by atoms with E-state index in [0.717, 1.165) is 23.1 Å². The van der Waals surface area contributed by atoms with Gasteiger partial charge < -0.3 is 20.1 Å². The highest BCUT2D eigenvalue weighted by Gasteiger charge is 2.45. The standard InChI is InChI=1S/C17H23BrN2O3/c18-14-3-1-2-13(12-14)15(17(22)4-10-23-11-5-17)16(21)20-8-6-19-7-9-20/h1-3,12,15,19,22H,4-11H2. The molecule has 1 atom stereocenters. The Balaban J connectivity index is 1.93. The van der Waals surface area contributed by atoms with Gasteiger partial charge in [0.2, 0.25) is 5.91 Å². The molecule has 6 heteroatoms. The number of ether oxygens (including phenoxy) is 1. The van der Waals surface area contributed by atoms with Crippen molar-refractivity contribution in [2.45, 2.75) is 24.4 Å². The van der Waals surface area contributed by atoms with Crippen molar-refractivity contribution in [2.75, 3.05) is 39.4 Å². The monoisotopic (exact) mass is 382 g/mol. The van der Waals surface area contributed by atoms with Gasteiger partial charge in [-0.1, -0.05) is 28.1 Å². The summed E-state index contributed by atoms with van der Waals surface area (Å²) < 4.78 is 6.32. The lowest BCUT2D eigenvalue weighted by atomic mass is 9.76. The Morgan fingerprint density at radius 1 is 1.30 bits per heavy atom. The number of carbonyl (C=O) groups is 1. The van der Waals surface area contributed by atoms with Crippen LogP contribution in [-0.4, -0.2) is 60.9 Å². The van der Waals surface area contributed by atoms with Crippen molar-refractivity contribution in [3.63, 3.8) is 0 Å². The number of carbonyl (C=O) groups excluding carboxylic acids is 1. The zero-order valence-electron chi connectivity index (χ0n) is 13.1. The highest BCUT2D eigenvalue weighted by Crippen LogP contribution is 2.38. The van der Waals surface area contributed by atoms with Gasteiger partial charge in [-0.3, -0.25) is 4.79 Å². The molecular formula is C17H23BrN2O3. The maximum absolute atomic E-state index is 13.2. The topological polar surface area (TPSA) is 61.8 Å². The lowest BCUT2D eigenvalue weighted by Gasteiger charge is -2.41. The third-order valence-electron chi connectivity index (χ3n) is 4.75. The van der Waals surface area contributed by atoms with E-state index >= 15 is 0 Å². The summed E-state index contributed by atoms with van der Waals surface area (Å²) in [7, 11) is 0. The first kappa shape index (κ1) is 16.9. The molecule has 1 unspecified atom stereocenters. The molecule has 0 spiro atoms. The molecular weight excluding hydrogens is 360 g/mol. The van der Waals surface area contributed by atoms with Gasteiger partial charge in [0, 0.05) is 56.7 Å². The Bertz CT molecular complexity index is 555. The minimum atomic E-state index is -1.04. The van der Waals surface area contributed by atoms with Crippen LogP contribution in [0.2, 0.25) is 0 Å². The minimum absolute atomic E-state index is 0.0222. The predicted molar refractivity (Wildman–Crippen MR) is 91.3 cm³/mol. The molecule has 3 rings (SSSR count). The number of aliphatic hydroxyl groups is 1. The van der Waals surface area contributed by atoms with Crippen LogP contribution in [0.1, 0.15) is 24.3 Å². The van der Waals surface area contributed by atoms with Crippen molar-refractivity contribution < 1.29 is 14.6 Å². The van der Waals surface area contributed by atoms with Crippen LogP contribution in [-0.2, 0) is 9.53 Å². The van der Waals surface area contributed by atoms with Crippen molar-refractivity contribution in [1.82, 2.24) is 10.2 Å².